The summed E-state index contributed by atoms with van der Waals surface area (Å²) in [5, 5.41) is -1.59. The van der Waals surface area contributed by atoms with Gasteiger partial charge in [0.25, 0.3) is 0 Å². The van der Waals surface area contributed by atoms with E-state index >= 15 is 0 Å². The van der Waals surface area contributed by atoms with E-state index in [1.54, 1.807) is 0 Å². The predicted octanol–water partition coefficient (Wildman–Crippen LogP) is 8.19. The summed E-state index contributed by atoms with van der Waals surface area (Å²) in [5.41, 5.74) is 2.44. The van der Waals surface area contributed by atoms with E-state index in [1.165, 1.54) is 7.11 Å². The van der Waals surface area contributed by atoms with Gasteiger partial charge in [0.2, 0.25) is 5.82 Å². The Bertz CT molecular complexity index is 970. The fourth-order valence-corrected chi connectivity index (χ4v) is 5.90. The number of hydrogen-bond acceptors (Lipinski definition) is 1. The molecule has 1 nitrogen and oxygen atoms in total. The summed E-state index contributed by atoms with van der Waals surface area (Å²) in [5.74, 6) is -8.84. The van der Waals surface area contributed by atoms with Crippen molar-refractivity contribution in [2.24, 2.45) is 0 Å². The zero-order valence-corrected chi connectivity index (χ0v) is 21.5. The van der Waals surface area contributed by atoms with E-state index in [0.29, 0.717) is 18.6 Å². The van der Waals surface area contributed by atoms with Gasteiger partial charge in [-0.1, -0.05) is 74.6 Å². The van der Waals surface area contributed by atoms with Gasteiger partial charge >= 0.3 is 0 Å². The number of aryl methyl sites for hydroxylation is 1. The van der Waals surface area contributed by atoms with Gasteiger partial charge in [-0.2, -0.15) is 0 Å². The number of hydrogen-bond donors (Lipinski definition) is 0. The number of ether oxygens (including phenoxy) is 1. The summed E-state index contributed by atoms with van der Waals surface area (Å²) in [6.07, 6.45) is 3.58. The minimum Gasteiger partial charge on any atom is -0.496 e. The molecular weight excluding hydrogens is 454 g/mol. The molecule has 2 aromatic carbocycles. The fraction of sp³-hybridized carbons (Fsp3) is 0.538. The molecule has 0 aromatic heterocycles. The Morgan fingerprint density at radius 1 is 0.848 bits per heavy atom. The average Bonchev–Trinajstić information content (AvgIpc) is 2.77. The Morgan fingerprint density at radius 3 is 1.85 bits per heavy atom. The van der Waals surface area contributed by atoms with Crippen LogP contribution in [0.2, 0.25) is 0 Å². The van der Waals surface area contributed by atoms with E-state index in [9.17, 15) is 22.0 Å². The van der Waals surface area contributed by atoms with Crippen LogP contribution < -0.4 is 10.0 Å². The van der Waals surface area contributed by atoms with Crippen molar-refractivity contribution in [1.29, 1.82) is 0 Å². The highest BCUT2D eigenvalue weighted by molar-refractivity contribution is 7.48. The van der Waals surface area contributed by atoms with Crippen molar-refractivity contribution in [3.8, 4) is 5.75 Å². The molecule has 0 fully saturated rings. The first kappa shape index (κ1) is 27.6. The van der Waals surface area contributed by atoms with Crippen molar-refractivity contribution >= 4 is 13.9 Å². The molecule has 0 saturated carbocycles. The summed E-state index contributed by atoms with van der Waals surface area (Å²) < 4.78 is 77.0. The van der Waals surface area contributed by atoms with Gasteiger partial charge in [-0.05, 0) is 36.3 Å². The normalized spacial score (nSPS) is 14.2. The monoisotopic (exact) mass is 488 g/mol. The van der Waals surface area contributed by atoms with Crippen LogP contribution in [0.15, 0.2) is 12.1 Å². The van der Waals surface area contributed by atoms with Gasteiger partial charge in [-0.15, -0.1) is 0 Å². The van der Waals surface area contributed by atoms with E-state index < -0.39 is 48.1 Å². The van der Waals surface area contributed by atoms with E-state index in [-0.39, 0.29) is 5.41 Å². The Labute approximate surface area is 195 Å². The second-order valence-corrected chi connectivity index (χ2v) is 11.3. The standard InChI is InChI=1S/C26H34F5OP/c1-8-10-11-12-26(9-2,33-24-21(30)19(28)18(27)20(29)22(24)31)17-14-16(25(4,5)6)13-15(3)23(17)32-7/h13-14,33H,8-12H2,1-7H3. The van der Waals surface area contributed by atoms with Gasteiger partial charge in [-0.25, -0.2) is 22.0 Å². The van der Waals surface area contributed by atoms with E-state index in [2.05, 4.69) is 20.8 Å². The molecule has 2 atom stereocenters. The lowest BCUT2D eigenvalue weighted by molar-refractivity contribution is 0.382. The van der Waals surface area contributed by atoms with Crippen LogP contribution in [0, 0.1) is 36.0 Å². The van der Waals surface area contributed by atoms with Crippen LogP contribution in [-0.2, 0) is 10.6 Å². The molecule has 33 heavy (non-hydrogen) atoms. The van der Waals surface area contributed by atoms with Crippen LogP contribution in [0.5, 0.6) is 5.75 Å². The summed E-state index contributed by atoms with van der Waals surface area (Å²) in [7, 11) is 0.879. The predicted molar refractivity (Wildman–Crippen MR) is 127 cm³/mol. The van der Waals surface area contributed by atoms with Crippen molar-refractivity contribution in [1.82, 2.24) is 0 Å². The van der Waals surface area contributed by atoms with Crippen molar-refractivity contribution in [2.75, 3.05) is 7.11 Å². The molecule has 0 bridgehead atoms. The smallest absolute Gasteiger partial charge is 0.200 e. The molecule has 2 rings (SSSR count). The summed E-state index contributed by atoms with van der Waals surface area (Å²) in [6.45, 7) is 12.0. The van der Waals surface area contributed by atoms with Gasteiger partial charge in [0.1, 0.15) is 5.75 Å². The lowest BCUT2D eigenvalue weighted by Crippen LogP contribution is -2.28. The van der Waals surface area contributed by atoms with Crippen LogP contribution >= 0.6 is 8.58 Å². The van der Waals surface area contributed by atoms with Crippen molar-refractivity contribution in [2.45, 2.75) is 84.2 Å². The Hall–Kier alpha value is -1.68. The molecule has 0 radical (unpaired) electrons. The first-order valence-corrected chi connectivity index (χ1v) is 12.3. The third kappa shape index (κ3) is 5.53. The Kier molecular flexibility index (Phi) is 8.95. The molecule has 2 aromatic rings. The maximum absolute atomic E-state index is 14.8. The molecule has 184 valence electrons. The molecule has 0 spiro atoms. The quantitative estimate of drug-likeness (QED) is 0.114. The van der Waals surface area contributed by atoms with Gasteiger partial charge in [0, 0.05) is 10.7 Å². The first-order valence-electron chi connectivity index (χ1n) is 11.3. The first-order chi connectivity index (χ1) is 15.3. The van der Waals surface area contributed by atoms with Crippen LogP contribution in [0.4, 0.5) is 22.0 Å². The molecule has 0 heterocycles. The minimum absolute atomic E-state index is 0.206. The summed E-state index contributed by atoms with van der Waals surface area (Å²) >= 11 is 0. The molecule has 0 aliphatic rings. The second kappa shape index (κ2) is 10.7. The fourth-order valence-electron chi connectivity index (χ4n) is 4.18. The Morgan fingerprint density at radius 2 is 1.39 bits per heavy atom. The van der Waals surface area contributed by atoms with E-state index in [4.69, 9.17) is 4.74 Å². The summed E-state index contributed by atoms with van der Waals surface area (Å²) in [4.78, 5) is 0. The molecule has 2 unspecified atom stereocenters. The molecule has 7 heteroatoms. The zero-order valence-electron chi connectivity index (χ0n) is 20.5. The lowest BCUT2D eigenvalue weighted by atomic mass is 9.80. The highest BCUT2D eigenvalue weighted by Crippen LogP contribution is 2.53. The lowest BCUT2D eigenvalue weighted by Gasteiger charge is -2.37. The highest BCUT2D eigenvalue weighted by Gasteiger charge is 2.38. The van der Waals surface area contributed by atoms with Crippen molar-refractivity contribution in [3.05, 3.63) is 57.9 Å². The minimum atomic E-state index is -2.13. The van der Waals surface area contributed by atoms with Crippen LogP contribution in [-0.4, -0.2) is 7.11 Å². The third-order valence-electron chi connectivity index (χ3n) is 6.25. The van der Waals surface area contributed by atoms with E-state index in [1.807, 2.05) is 32.9 Å². The number of unbranched alkanes of at least 4 members (excludes halogenated alkanes) is 2. The molecular formula is C26H34F5OP. The van der Waals surface area contributed by atoms with Gasteiger partial charge in [-0.3, -0.25) is 0 Å². The van der Waals surface area contributed by atoms with Crippen LogP contribution in [0.25, 0.3) is 0 Å². The molecule has 0 saturated heterocycles. The summed E-state index contributed by atoms with van der Waals surface area (Å²) in [6, 6.07) is 4.01. The van der Waals surface area contributed by atoms with E-state index in [0.717, 1.165) is 36.0 Å². The van der Waals surface area contributed by atoms with Gasteiger partial charge in [0.05, 0.1) is 12.4 Å². The molecule has 0 aliphatic carbocycles. The van der Waals surface area contributed by atoms with Crippen LogP contribution in [0.3, 0.4) is 0 Å². The zero-order chi connectivity index (χ0) is 25.1. The maximum atomic E-state index is 14.8. The average molecular weight is 489 g/mol. The van der Waals surface area contributed by atoms with Gasteiger partial charge in [0.15, 0.2) is 23.3 Å². The third-order valence-corrected chi connectivity index (χ3v) is 8.29. The van der Waals surface area contributed by atoms with Crippen LogP contribution in [0.1, 0.15) is 83.4 Å². The number of rotatable bonds is 9. The SMILES string of the molecule is CCCCCC(CC)(Pc1c(F)c(F)c(F)c(F)c1F)c1cc(C(C)(C)C)cc(C)c1OC. The maximum Gasteiger partial charge on any atom is 0.200 e. The number of benzene rings is 2. The van der Waals surface area contributed by atoms with Crippen molar-refractivity contribution < 1.29 is 26.7 Å². The van der Waals surface area contributed by atoms with Gasteiger partial charge < -0.3 is 4.74 Å². The Balaban J connectivity index is 2.84. The molecule has 0 amide bonds. The largest absolute Gasteiger partial charge is 0.496 e. The number of halogens is 5. The highest BCUT2D eigenvalue weighted by atomic mass is 31.1. The topological polar surface area (TPSA) is 9.23 Å². The number of methoxy groups -OCH3 is 1. The molecule has 0 aliphatic heterocycles. The van der Waals surface area contributed by atoms with Crippen molar-refractivity contribution in [3.63, 3.8) is 0 Å². The second-order valence-electron chi connectivity index (χ2n) is 9.59. The molecule has 0 N–H and O–H groups in total.